The van der Waals surface area contributed by atoms with Crippen molar-refractivity contribution in [3.8, 4) is 23.1 Å². The molecule has 8 nitrogen and oxygen atoms in total. The average molecular weight is 382 g/mol. The molecule has 0 unspecified atom stereocenters. The summed E-state index contributed by atoms with van der Waals surface area (Å²) in [6.07, 6.45) is 2.69. The molecule has 3 heterocycles. The second-order valence-electron chi connectivity index (χ2n) is 5.51. The highest BCUT2D eigenvalue weighted by Gasteiger charge is 2.21. The second kappa shape index (κ2) is 7.12. The number of esters is 1. The van der Waals surface area contributed by atoms with Crippen LogP contribution in [0.25, 0.3) is 21.7 Å². The van der Waals surface area contributed by atoms with E-state index in [1.54, 1.807) is 19.1 Å². The number of aromatic nitrogens is 4. The van der Waals surface area contributed by atoms with Gasteiger partial charge >= 0.3 is 5.97 Å². The van der Waals surface area contributed by atoms with Gasteiger partial charge in [-0.05, 0) is 43.7 Å². The van der Waals surface area contributed by atoms with E-state index in [9.17, 15) is 4.79 Å². The molecule has 0 spiro atoms. The van der Waals surface area contributed by atoms with Crippen molar-refractivity contribution in [1.29, 1.82) is 0 Å². The first-order valence-electron chi connectivity index (χ1n) is 8.13. The normalized spacial score (nSPS) is 10.9. The molecular formula is C18H14N4O4S. The number of rotatable bonds is 5. The maximum atomic E-state index is 12.1. The summed E-state index contributed by atoms with van der Waals surface area (Å²) in [5, 5.41) is 8.23. The first kappa shape index (κ1) is 17.1. The van der Waals surface area contributed by atoms with Crippen molar-refractivity contribution >= 4 is 27.5 Å². The quantitative estimate of drug-likeness (QED) is 0.477. The Morgan fingerprint density at radius 3 is 2.74 bits per heavy atom. The van der Waals surface area contributed by atoms with Crippen LogP contribution in [0, 0.1) is 6.92 Å². The molecule has 4 rings (SSSR count). The Bertz CT molecular complexity index is 1090. The van der Waals surface area contributed by atoms with Crippen LogP contribution in [0.5, 0.6) is 11.6 Å². The summed E-state index contributed by atoms with van der Waals surface area (Å²) < 4.78 is 16.2. The SMILES string of the molecule is CCOC(=O)c1sc2ncnc(Oc3ccc(-c4nnco4)cc3)c2c1C. The topological polar surface area (TPSA) is 100 Å². The number of benzene rings is 1. The van der Waals surface area contributed by atoms with Gasteiger partial charge in [0, 0.05) is 5.56 Å². The van der Waals surface area contributed by atoms with Gasteiger partial charge in [-0.25, -0.2) is 14.8 Å². The number of ether oxygens (including phenoxy) is 2. The van der Waals surface area contributed by atoms with Gasteiger partial charge in [0.15, 0.2) is 0 Å². The van der Waals surface area contributed by atoms with Crippen LogP contribution in [0.2, 0.25) is 0 Å². The molecular weight excluding hydrogens is 368 g/mol. The van der Waals surface area contributed by atoms with Crippen LogP contribution in [0.15, 0.2) is 41.4 Å². The molecule has 0 N–H and O–H groups in total. The molecule has 1 aromatic carbocycles. The Morgan fingerprint density at radius 1 is 1.22 bits per heavy atom. The third-order valence-electron chi connectivity index (χ3n) is 3.83. The van der Waals surface area contributed by atoms with Gasteiger partial charge in [0.1, 0.15) is 21.8 Å². The number of carbonyl (C=O) groups is 1. The summed E-state index contributed by atoms with van der Waals surface area (Å²) in [6.45, 7) is 3.92. The largest absolute Gasteiger partial charge is 0.462 e. The smallest absolute Gasteiger partial charge is 0.348 e. The van der Waals surface area contributed by atoms with Gasteiger partial charge in [0.25, 0.3) is 0 Å². The highest BCUT2D eigenvalue weighted by Crippen LogP contribution is 2.36. The molecule has 27 heavy (non-hydrogen) atoms. The Balaban J connectivity index is 1.67. The molecule has 0 radical (unpaired) electrons. The van der Waals surface area contributed by atoms with E-state index in [2.05, 4.69) is 20.2 Å². The molecule has 4 aromatic rings. The van der Waals surface area contributed by atoms with Crippen LogP contribution in [-0.2, 0) is 4.74 Å². The van der Waals surface area contributed by atoms with E-state index in [1.165, 1.54) is 24.1 Å². The molecule has 0 aliphatic rings. The summed E-state index contributed by atoms with van der Waals surface area (Å²) in [6, 6.07) is 7.18. The zero-order valence-electron chi connectivity index (χ0n) is 14.5. The molecule has 3 aromatic heterocycles. The van der Waals surface area contributed by atoms with E-state index in [1.807, 2.05) is 19.1 Å². The maximum Gasteiger partial charge on any atom is 0.348 e. The van der Waals surface area contributed by atoms with Crippen molar-refractivity contribution in [2.75, 3.05) is 6.61 Å². The van der Waals surface area contributed by atoms with Gasteiger partial charge < -0.3 is 13.9 Å². The zero-order chi connectivity index (χ0) is 18.8. The van der Waals surface area contributed by atoms with E-state index in [4.69, 9.17) is 13.9 Å². The van der Waals surface area contributed by atoms with Gasteiger partial charge in [-0.2, -0.15) is 0 Å². The minimum absolute atomic E-state index is 0.313. The summed E-state index contributed by atoms with van der Waals surface area (Å²) in [7, 11) is 0. The summed E-state index contributed by atoms with van der Waals surface area (Å²) in [4.78, 5) is 21.8. The van der Waals surface area contributed by atoms with Gasteiger partial charge in [-0.3, -0.25) is 0 Å². The van der Waals surface area contributed by atoms with Crippen LogP contribution in [0.4, 0.5) is 0 Å². The molecule has 0 saturated heterocycles. The molecule has 0 fully saturated rings. The lowest BCUT2D eigenvalue weighted by molar-refractivity contribution is 0.0531. The Morgan fingerprint density at radius 2 is 2.04 bits per heavy atom. The number of hydrogen-bond donors (Lipinski definition) is 0. The van der Waals surface area contributed by atoms with E-state index in [0.717, 1.165) is 11.1 Å². The van der Waals surface area contributed by atoms with Crippen molar-refractivity contribution in [2.45, 2.75) is 13.8 Å². The predicted octanol–water partition coefficient (Wildman–Crippen LogP) is 4.02. The molecule has 0 aliphatic carbocycles. The molecule has 9 heteroatoms. The van der Waals surface area contributed by atoms with Crippen LogP contribution < -0.4 is 4.74 Å². The Kier molecular flexibility index (Phi) is 4.51. The average Bonchev–Trinajstić information content (AvgIpc) is 3.32. The Hall–Kier alpha value is -3.33. The van der Waals surface area contributed by atoms with E-state index in [0.29, 0.717) is 39.2 Å². The summed E-state index contributed by atoms with van der Waals surface area (Å²) in [5.74, 6) is 1.03. The van der Waals surface area contributed by atoms with Crippen molar-refractivity contribution in [1.82, 2.24) is 20.2 Å². The maximum absolute atomic E-state index is 12.1. The van der Waals surface area contributed by atoms with Gasteiger partial charge in [-0.1, -0.05) is 0 Å². The third-order valence-corrected chi connectivity index (χ3v) is 5.01. The van der Waals surface area contributed by atoms with Gasteiger partial charge in [-0.15, -0.1) is 21.5 Å². The first-order valence-corrected chi connectivity index (χ1v) is 8.94. The standard InChI is InChI=1S/C18H14N4O4S/c1-3-24-18(23)14-10(2)13-16(19-8-20-17(13)27-14)26-12-6-4-11(5-7-12)15-22-21-9-25-15/h4-9H,3H2,1-2H3. The minimum Gasteiger partial charge on any atom is -0.462 e. The monoisotopic (exact) mass is 382 g/mol. The van der Waals surface area contributed by atoms with Crippen LogP contribution in [0.3, 0.4) is 0 Å². The van der Waals surface area contributed by atoms with Crippen molar-refractivity contribution < 1.29 is 18.7 Å². The molecule has 0 aliphatic heterocycles. The first-order chi connectivity index (χ1) is 13.2. The fourth-order valence-corrected chi connectivity index (χ4v) is 3.62. The van der Waals surface area contributed by atoms with Crippen LogP contribution in [0.1, 0.15) is 22.2 Å². The zero-order valence-corrected chi connectivity index (χ0v) is 15.3. The van der Waals surface area contributed by atoms with Crippen molar-refractivity contribution in [3.05, 3.63) is 47.4 Å². The molecule has 0 amide bonds. The second-order valence-corrected chi connectivity index (χ2v) is 6.51. The van der Waals surface area contributed by atoms with E-state index < -0.39 is 0 Å². The predicted molar refractivity (Wildman–Crippen MR) is 97.9 cm³/mol. The highest BCUT2D eigenvalue weighted by molar-refractivity contribution is 7.20. The summed E-state index contributed by atoms with van der Waals surface area (Å²) >= 11 is 1.26. The third kappa shape index (κ3) is 3.24. The number of carbonyl (C=O) groups excluding carboxylic acids is 1. The number of fused-ring (bicyclic) bond motifs is 1. The Labute approximate surface area is 157 Å². The van der Waals surface area contributed by atoms with Crippen molar-refractivity contribution in [2.24, 2.45) is 0 Å². The van der Waals surface area contributed by atoms with E-state index in [-0.39, 0.29) is 5.97 Å². The molecule has 0 atom stereocenters. The lowest BCUT2D eigenvalue weighted by atomic mass is 10.2. The minimum atomic E-state index is -0.368. The molecule has 0 bridgehead atoms. The highest BCUT2D eigenvalue weighted by atomic mass is 32.1. The number of thiophene rings is 1. The summed E-state index contributed by atoms with van der Waals surface area (Å²) in [5.41, 5.74) is 1.52. The van der Waals surface area contributed by atoms with Crippen molar-refractivity contribution in [3.63, 3.8) is 0 Å². The number of nitrogens with zero attached hydrogens (tertiary/aromatic N) is 4. The van der Waals surface area contributed by atoms with Crippen LogP contribution >= 0.6 is 11.3 Å². The number of hydrogen-bond acceptors (Lipinski definition) is 9. The fourth-order valence-electron chi connectivity index (χ4n) is 2.58. The molecule has 0 saturated carbocycles. The lowest BCUT2D eigenvalue weighted by Gasteiger charge is -2.06. The van der Waals surface area contributed by atoms with Crippen LogP contribution in [-0.4, -0.2) is 32.7 Å². The number of aryl methyl sites for hydroxylation is 1. The lowest BCUT2D eigenvalue weighted by Crippen LogP contribution is -2.03. The fraction of sp³-hybridized carbons (Fsp3) is 0.167. The van der Waals surface area contributed by atoms with Gasteiger partial charge in [0.05, 0.1) is 12.0 Å². The molecule has 136 valence electrons. The van der Waals surface area contributed by atoms with Gasteiger partial charge in [0.2, 0.25) is 18.2 Å². The van der Waals surface area contributed by atoms with E-state index >= 15 is 0 Å².